The van der Waals surface area contributed by atoms with Crippen LogP contribution in [0.25, 0.3) is 0 Å². The number of aryl methyl sites for hydroxylation is 1. The first-order valence-corrected chi connectivity index (χ1v) is 8.41. The summed E-state index contributed by atoms with van der Waals surface area (Å²) in [4.78, 5) is -0.267. The van der Waals surface area contributed by atoms with Crippen molar-refractivity contribution in [2.24, 2.45) is 11.7 Å². The molecule has 0 bridgehead atoms. The predicted molar refractivity (Wildman–Crippen MR) is 76.3 cm³/mol. The van der Waals surface area contributed by atoms with Crippen molar-refractivity contribution in [2.45, 2.75) is 43.5 Å². The minimum Gasteiger partial charge on any atom is -0.329 e. The van der Waals surface area contributed by atoms with E-state index >= 15 is 0 Å². The number of sulfonamides is 1. The third-order valence-electron chi connectivity index (χ3n) is 3.96. The van der Waals surface area contributed by atoms with Gasteiger partial charge in [-0.05, 0) is 37.3 Å². The Hall–Kier alpha value is -0.980. The fourth-order valence-electron chi connectivity index (χ4n) is 2.91. The second-order valence-electron chi connectivity index (χ2n) is 5.39. The maximum Gasteiger partial charge on any atom is 0.244 e. The van der Waals surface area contributed by atoms with E-state index in [-0.39, 0.29) is 23.4 Å². The van der Waals surface area contributed by atoms with Gasteiger partial charge in [-0.3, -0.25) is 0 Å². The molecule has 1 unspecified atom stereocenters. The Morgan fingerprint density at radius 3 is 2.60 bits per heavy atom. The van der Waals surface area contributed by atoms with Crippen molar-refractivity contribution in [1.29, 1.82) is 0 Å². The molecule has 20 heavy (non-hydrogen) atoms. The zero-order valence-electron chi connectivity index (χ0n) is 11.6. The van der Waals surface area contributed by atoms with Crippen LogP contribution in [0, 0.1) is 18.7 Å². The zero-order valence-corrected chi connectivity index (χ0v) is 12.4. The summed E-state index contributed by atoms with van der Waals surface area (Å²) in [5, 5.41) is 0. The zero-order chi connectivity index (χ0) is 14.8. The molecule has 1 aliphatic carbocycles. The third kappa shape index (κ3) is 3.19. The van der Waals surface area contributed by atoms with E-state index in [4.69, 9.17) is 5.73 Å². The van der Waals surface area contributed by atoms with E-state index in [2.05, 4.69) is 4.72 Å². The van der Waals surface area contributed by atoms with Gasteiger partial charge in [-0.2, -0.15) is 0 Å². The number of rotatable bonds is 5. The molecule has 0 heterocycles. The molecule has 4 nitrogen and oxygen atoms in total. The Labute approximate surface area is 119 Å². The van der Waals surface area contributed by atoms with E-state index in [0.717, 1.165) is 31.7 Å². The number of benzene rings is 1. The van der Waals surface area contributed by atoms with Gasteiger partial charge in [-0.25, -0.2) is 17.5 Å². The summed E-state index contributed by atoms with van der Waals surface area (Å²) in [5.41, 5.74) is 6.10. The van der Waals surface area contributed by atoms with Gasteiger partial charge in [0, 0.05) is 12.6 Å². The highest BCUT2D eigenvalue weighted by molar-refractivity contribution is 7.89. The van der Waals surface area contributed by atoms with Crippen LogP contribution in [0.4, 0.5) is 4.39 Å². The van der Waals surface area contributed by atoms with Crippen LogP contribution < -0.4 is 10.5 Å². The van der Waals surface area contributed by atoms with Crippen molar-refractivity contribution < 1.29 is 12.8 Å². The molecule has 6 heteroatoms. The average Bonchev–Trinajstić information content (AvgIpc) is 2.89. The summed E-state index contributed by atoms with van der Waals surface area (Å²) in [5.74, 6) is -0.471. The molecule has 1 saturated carbocycles. The van der Waals surface area contributed by atoms with Gasteiger partial charge >= 0.3 is 0 Å². The molecule has 0 radical (unpaired) electrons. The van der Waals surface area contributed by atoms with Crippen LogP contribution in [0.1, 0.15) is 31.2 Å². The number of nitrogens with one attached hydrogen (secondary N) is 1. The van der Waals surface area contributed by atoms with Crippen molar-refractivity contribution in [2.75, 3.05) is 6.54 Å². The van der Waals surface area contributed by atoms with Crippen molar-refractivity contribution in [3.05, 3.63) is 29.6 Å². The monoisotopic (exact) mass is 300 g/mol. The average molecular weight is 300 g/mol. The van der Waals surface area contributed by atoms with E-state index in [1.807, 2.05) is 0 Å². The lowest BCUT2D eigenvalue weighted by Crippen LogP contribution is -2.44. The van der Waals surface area contributed by atoms with Gasteiger partial charge < -0.3 is 5.73 Å². The smallest absolute Gasteiger partial charge is 0.244 e. The summed E-state index contributed by atoms with van der Waals surface area (Å²) >= 11 is 0. The Morgan fingerprint density at radius 2 is 2.05 bits per heavy atom. The van der Waals surface area contributed by atoms with E-state index in [9.17, 15) is 12.8 Å². The van der Waals surface area contributed by atoms with Gasteiger partial charge in [0.15, 0.2) is 0 Å². The second-order valence-corrected chi connectivity index (χ2v) is 7.04. The van der Waals surface area contributed by atoms with Crippen LogP contribution in [0.2, 0.25) is 0 Å². The van der Waals surface area contributed by atoms with Crippen molar-refractivity contribution in [1.82, 2.24) is 4.72 Å². The lowest BCUT2D eigenvalue weighted by molar-refractivity contribution is 0.404. The van der Waals surface area contributed by atoms with Crippen LogP contribution in [0.15, 0.2) is 23.1 Å². The predicted octanol–water partition coefficient (Wildman–Crippen LogP) is 1.93. The third-order valence-corrected chi connectivity index (χ3v) is 5.63. The quantitative estimate of drug-likeness (QED) is 0.873. The maximum absolute atomic E-state index is 13.8. The van der Waals surface area contributed by atoms with Crippen LogP contribution in [-0.4, -0.2) is 21.0 Å². The molecule has 1 aromatic rings. The molecule has 3 N–H and O–H groups in total. The lowest BCUT2D eigenvalue weighted by Gasteiger charge is -2.23. The van der Waals surface area contributed by atoms with E-state index in [1.54, 1.807) is 13.0 Å². The standard InChI is InChI=1S/C14H21FN2O2S/c1-10-5-4-8-12(15)14(10)20(18,19)17-13(9-16)11-6-2-3-7-11/h4-5,8,11,13,17H,2-3,6-7,9,16H2,1H3. The number of nitrogens with two attached hydrogens (primary N) is 1. The Bertz CT molecular complexity index is 548. The fourth-order valence-corrected chi connectivity index (χ4v) is 4.53. The van der Waals surface area contributed by atoms with Gasteiger partial charge in [0.25, 0.3) is 0 Å². The first-order valence-electron chi connectivity index (χ1n) is 6.93. The summed E-state index contributed by atoms with van der Waals surface area (Å²) in [7, 11) is -3.88. The maximum atomic E-state index is 13.8. The van der Waals surface area contributed by atoms with Gasteiger partial charge in [-0.15, -0.1) is 0 Å². The van der Waals surface area contributed by atoms with Gasteiger partial charge in [-0.1, -0.05) is 25.0 Å². The topological polar surface area (TPSA) is 72.2 Å². The fraction of sp³-hybridized carbons (Fsp3) is 0.571. The molecule has 0 aromatic heterocycles. The van der Waals surface area contributed by atoms with Crippen molar-refractivity contribution in [3.63, 3.8) is 0 Å². The van der Waals surface area contributed by atoms with Crippen LogP contribution in [0.3, 0.4) is 0 Å². The normalized spacial score (nSPS) is 18.4. The summed E-state index contributed by atoms with van der Waals surface area (Å²) in [6.07, 6.45) is 4.14. The largest absolute Gasteiger partial charge is 0.329 e. The molecule has 0 aliphatic heterocycles. The number of halogens is 1. The van der Waals surface area contributed by atoms with E-state index in [0.29, 0.717) is 5.56 Å². The molecule has 1 fully saturated rings. The minimum absolute atomic E-state index is 0.234. The van der Waals surface area contributed by atoms with Crippen LogP contribution in [-0.2, 0) is 10.0 Å². The molecule has 1 atom stereocenters. The number of hydrogen-bond acceptors (Lipinski definition) is 3. The van der Waals surface area contributed by atoms with E-state index < -0.39 is 15.8 Å². The van der Waals surface area contributed by atoms with Crippen LogP contribution in [0.5, 0.6) is 0 Å². The molecular weight excluding hydrogens is 279 g/mol. The molecule has 0 amide bonds. The van der Waals surface area contributed by atoms with Crippen LogP contribution >= 0.6 is 0 Å². The highest BCUT2D eigenvalue weighted by Crippen LogP contribution is 2.28. The molecule has 1 aliphatic rings. The molecule has 0 spiro atoms. The molecule has 112 valence electrons. The first kappa shape index (κ1) is 15.4. The van der Waals surface area contributed by atoms with E-state index in [1.165, 1.54) is 6.07 Å². The highest BCUT2D eigenvalue weighted by Gasteiger charge is 2.30. The van der Waals surface area contributed by atoms with Gasteiger partial charge in [0.2, 0.25) is 10.0 Å². The first-order chi connectivity index (χ1) is 9.45. The SMILES string of the molecule is Cc1cccc(F)c1S(=O)(=O)NC(CN)C1CCCC1. The Kier molecular flexibility index (Phi) is 4.78. The Balaban J connectivity index is 2.26. The molecule has 1 aromatic carbocycles. The summed E-state index contributed by atoms with van der Waals surface area (Å²) < 4.78 is 41.2. The molecule has 2 rings (SSSR count). The van der Waals surface area contributed by atoms with Crippen molar-refractivity contribution >= 4 is 10.0 Å². The lowest BCUT2D eigenvalue weighted by atomic mass is 9.99. The van der Waals surface area contributed by atoms with Gasteiger partial charge in [0.1, 0.15) is 10.7 Å². The van der Waals surface area contributed by atoms with Gasteiger partial charge in [0.05, 0.1) is 0 Å². The highest BCUT2D eigenvalue weighted by atomic mass is 32.2. The Morgan fingerprint density at radius 1 is 1.40 bits per heavy atom. The number of hydrogen-bond donors (Lipinski definition) is 2. The second kappa shape index (κ2) is 6.20. The summed E-state index contributed by atoms with van der Waals surface area (Å²) in [6, 6.07) is 3.93. The minimum atomic E-state index is -3.88. The molecular formula is C14H21FN2O2S. The molecule has 0 saturated heterocycles. The summed E-state index contributed by atoms with van der Waals surface area (Å²) in [6.45, 7) is 1.82. The van der Waals surface area contributed by atoms with Crippen molar-refractivity contribution in [3.8, 4) is 0 Å².